The number of fused-ring (bicyclic) bond motifs is 1. The van der Waals surface area contributed by atoms with Crippen molar-refractivity contribution >= 4 is 28.5 Å². The fourth-order valence-electron chi connectivity index (χ4n) is 2.42. The molecule has 2 unspecified atom stereocenters. The lowest BCUT2D eigenvalue weighted by Gasteiger charge is -2.36. The summed E-state index contributed by atoms with van der Waals surface area (Å²) in [6.07, 6.45) is 2.04. The van der Waals surface area contributed by atoms with Crippen molar-refractivity contribution in [2.75, 3.05) is 23.9 Å². The monoisotopic (exact) mass is 277 g/mol. The summed E-state index contributed by atoms with van der Waals surface area (Å²) in [6.45, 7) is 3.64. The average molecular weight is 278 g/mol. The van der Waals surface area contributed by atoms with E-state index < -0.39 is 0 Å². The number of nitrogens with zero attached hydrogens (tertiary/aromatic N) is 3. The van der Waals surface area contributed by atoms with Crippen molar-refractivity contribution in [3.8, 4) is 0 Å². The van der Waals surface area contributed by atoms with Crippen LogP contribution in [0.2, 0.25) is 0 Å². The van der Waals surface area contributed by atoms with E-state index in [9.17, 15) is 0 Å². The van der Waals surface area contributed by atoms with Crippen molar-refractivity contribution in [2.24, 2.45) is 0 Å². The SMILES string of the molecule is CC1CN(c2cnc3ccccc3n2)CC(CCl)O1. The lowest BCUT2D eigenvalue weighted by atomic mass is 10.2. The van der Waals surface area contributed by atoms with Crippen LogP contribution in [0.3, 0.4) is 0 Å². The molecule has 100 valence electrons. The Balaban J connectivity index is 1.90. The molecule has 2 heterocycles. The first-order valence-corrected chi connectivity index (χ1v) is 6.98. The van der Waals surface area contributed by atoms with Crippen LogP contribution in [0.15, 0.2) is 30.5 Å². The van der Waals surface area contributed by atoms with Gasteiger partial charge in [0.2, 0.25) is 0 Å². The maximum Gasteiger partial charge on any atom is 0.148 e. The zero-order valence-corrected chi connectivity index (χ0v) is 11.5. The third kappa shape index (κ3) is 2.65. The van der Waals surface area contributed by atoms with Gasteiger partial charge in [-0.1, -0.05) is 12.1 Å². The summed E-state index contributed by atoms with van der Waals surface area (Å²) in [5.74, 6) is 1.39. The highest BCUT2D eigenvalue weighted by molar-refractivity contribution is 6.18. The Bertz CT molecular complexity index is 577. The molecule has 3 rings (SSSR count). The van der Waals surface area contributed by atoms with Crippen molar-refractivity contribution in [3.05, 3.63) is 30.5 Å². The van der Waals surface area contributed by atoms with Gasteiger partial charge in [0, 0.05) is 13.1 Å². The molecule has 0 radical (unpaired) electrons. The number of para-hydroxylation sites is 2. The Kier molecular flexibility index (Phi) is 3.53. The van der Waals surface area contributed by atoms with Gasteiger partial charge in [-0.3, -0.25) is 4.98 Å². The van der Waals surface area contributed by atoms with Crippen molar-refractivity contribution in [1.29, 1.82) is 0 Å². The zero-order valence-electron chi connectivity index (χ0n) is 10.8. The summed E-state index contributed by atoms with van der Waals surface area (Å²) in [7, 11) is 0. The number of halogens is 1. The Labute approximate surface area is 117 Å². The molecule has 0 spiro atoms. The molecule has 1 aromatic heterocycles. The highest BCUT2D eigenvalue weighted by atomic mass is 35.5. The van der Waals surface area contributed by atoms with Crippen LogP contribution < -0.4 is 4.90 Å². The zero-order chi connectivity index (χ0) is 13.2. The van der Waals surface area contributed by atoms with E-state index in [0.29, 0.717) is 5.88 Å². The summed E-state index contributed by atoms with van der Waals surface area (Å²) in [5, 5.41) is 0. The first-order valence-electron chi connectivity index (χ1n) is 6.44. The van der Waals surface area contributed by atoms with Crippen LogP contribution in [0.5, 0.6) is 0 Å². The molecule has 5 heteroatoms. The Morgan fingerprint density at radius 2 is 2.11 bits per heavy atom. The summed E-state index contributed by atoms with van der Waals surface area (Å²) < 4.78 is 5.75. The van der Waals surface area contributed by atoms with Crippen LogP contribution in [0.25, 0.3) is 11.0 Å². The van der Waals surface area contributed by atoms with E-state index in [1.165, 1.54) is 0 Å². The number of hydrogen-bond donors (Lipinski definition) is 0. The first kappa shape index (κ1) is 12.6. The molecule has 0 bridgehead atoms. The summed E-state index contributed by atoms with van der Waals surface area (Å²) >= 11 is 5.91. The third-order valence-electron chi connectivity index (χ3n) is 3.26. The molecule has 1 saturated heterocycles. The fraction of sp³-hybridized carbons (Fsp3) is 0.429. The normalized spacial score (nSPS) is 23.8. The lowest BCUT2D eigenvalue weighted by molar-refractivity contribution is -0.00357. The number of anilines is 1. The third-order valence-corrected chi connectivity index (χ3v) is 3.60. The second-order valence-corrected chi connectivity index (χ2v) is 5.15. The van der Waals surface area contributed by atoms with Gasteiger partial charge in [0.1, 0.15) is 5.82 Å². The first-order chi connectivity index (χ1) is 9.26. The van der Waals surface area contributed by atoms with Gasteiger partial charge in [-0.25, -0.2) is 4.98 Å². The van der Waals surface area contributed by atoms with E-state index >= 15 is 0 Å². The van der Waals surface area contributed by atoms with Gasteiger partial charge in [0.05, 0.1) is 35.3 Å². The number of benzene rings is 1. The Morgan fingerprint density at radius 3 is 2.89 bits per heavy atom. The van der Waals surface area contributed by atoms with Crippen LogP contribution in [-0.2, 0) is 4.74 Å². The maximum atomic E-state index is 5.91. The van der Waals surface area contributed by atoms with Crippen LogP contribution in [0.4, 0.5) is 5.82 Å². The summed E-state index contributed by atoms with van der Waals surface area (Å²) in [4.78, 5) is 11.3. The topological polar surface area (TPSA) is 38.2 Å². The molecule has 1 aromatic carbocycles. The van der Waals surface area contributed by atoms with Gasteiger partial charge in [0.15, 0.2) is 0 Å². The molecule has 4 nitrogen and oxygen atoms in total. The highest BCUT2D eigenvalue weighted by Crippen LogP contribution is 2.20. The van der Waals surface area contributed by atoms with E-state index in [1.54, 1.807) is 0 Å². The number of alkyl halides is 1. The quantitative estimate of drug-likeness (QED) is 0.791. The van der Waals surface area contributed by atoms with Crippen LogP contribution in [-0.4, -0.2) is 41.1 Å². The van der Waals surface area contributed by atoms with Crippen molar-refractivity contribution in [2.45, 2.75) is 19.1 Å². The Hall–Kier alpha value is -1.39. The minimum atomic E-state index is 0.0543. The molecule has 0 N–H and O–H groups in total. The van der Waals surface area contributed by atoms with Crippen molar-refractivity contribution < 1.29 is 4.74 Å². The van der Waals surface area contributed by atoms with Crippen molar-refractivity contribution in [3.63, 3.8) is 0 Å². The maximum absolute atomic E-state index is 5.91. The van der Waals surface area contributed by atoms with Crippen LogP contribution >= 0.6 is 11.6 Å². The summed E-state index contributed by atoms with van der Waals surface area (Å²) in [6, 6.07) is 7.89. The highest BCUT2D eigenvalue weighted by Gasteiger charge is 2.25. The molecule has 0 aliphatic carbocycles. The molecule has 1 aliphatic rings. The lowest BCUT2D eigenvalue weighted by Crippen LogP contribution is -2.47. The van der Waals surface area contributed by atoms with Gasteiger partial charge in [-0.2, -0.15) is 0 Å². The molecule has 1 aliphatic heterocycles. The van der Waals surface area contributed by atoms with Gasteiger partial charge in [0.25, 0.3) is 0 Å². The van der Waals surface area contributed by atoms with Gasteiger partial charge >= 0.3 is 0 Å². The number of morpholine rings is 1. The fourth-order valence-corrected chi connectivity index (χ4v) is 2.59. The number of ether oxygens (including phenoxy) is 1. The molecular formula is C14H16ClN3O. The van der Waals surface area contributed by atoms with E-state index in [-0.39, 0.29) is 12.2 Å². The second kappa shape index (κ2) is 5.31. The molecule has 0 saturated carbocycles. The van der Waals surface area contributed by atoms with E-state index in [1.807, 2.05) is 30.5 Å². The number of rotatable bonds is 2. The predicted octanol–water partition coefficient (Wildman–Crippen LogP) is 2.46. The van der Waals surface area contributed by atoms with Crippen LogP contribution in [0.1, 0.15) is 6.92 Å². The minimum Gasteiger partial charge on any atom is -0.370 e. The molecule has 19 heavy (non-hydrogen) atoms. The second-order valence-electron chi connectivity index (χ2n) is 4.84. The number of hydrogen-bond acceptors (Lipinski definition) is 4. The number of aromatic nitrogens is 2. The largest absolute Gasteiger partial charge is 0.370 e. The van der Waals surface area contributed by atoms with Crippen LogP contribution in [0, 0.1) is 0 Å². The smallest absolute Gasteiger partial charge is 0.148 e. The minimum absolute atomic E-state index is 0.0543. The predicted molar refractivity (Wildman–Crippen MR) is 76.8 cm³/mol. The van der Waals surface area contributed by atoms with Gasteiger partial charge < -0.3 is 9.64 Å². The van der Waals surface area contributed by atoms with Gasteiger partial charge in [-0.15, -0.1) is 11.6 Å². The summed E-state index contributed by atoms with van der Waals surface area (Å²) in [5.41, 5.74) is 1.84. The van der Waals surface area contributed by atoms with E-state index in [4.69, 9.17) is 16.3 Å². The Morgan fingerprint density at radius 1 is 1.32 bits per heavy atom. The molecule has 0 amide bonds. The molecule has 2 atom stereocenters. The standard InChI is InChI=1S/C14H16ClN3O/c1-10-8-18(9-11(6-15)19-10)14-7-16-12-4-2-3-5-13(12)17-14/h2-5,7,10-11H,6,8-9H2,1H3. The molecule has 1 fully saturated rings. The average Bonchev–Trinajstić information content (AvgIpc) is 2.46. The van der Waals surface area contributed by atoms with Gasteiger partial charge in [-0.05, 0) is 19.1 Å². The molecular weight excluding hydrogens is 262 g/mol. The molecule has 2 aromatic rings. The van der Waals surface area contributed by atoms with E-state index in [0.717, 1.165) is 29.9 Å². The van der Waals surface area contributed by atoms with Crippen molar-refractivity contribution in [1.82, 2.24) is 9.97 Å². The van der Waals surface area contributed by atoms with E-state index in [2.05, 4.69) is 21.8 Å².